The normalized spacial score (nSPS) is 10.4. The molecule has 0 saturated carbocycles. The minimum absolute atomic E-state index is 0.215. The fraction of sp³-hybridized carbons (Fsp3) is 0.364. The Morgan fingerprint density at radius 1 is 1.25 bits per heavy atom. The van der Waals surface area contributed by atoms with Crippen molar-refractivity contribution in [3.05, 3.63) is 34.9 Å². The molecule has 0 bridgehead atoms. The number of halogens is 2. The molecule has 1 aromatic rings. The van der Waals surface area contributed by atoms with Gasteiger partial charge in [-0.3, -0.25) is 0 Å². The number of carbonyl (C=O) groups is 1. The molecule has 0 radical (unpaired) electrons. The van der Waals surface area contributed by atoms with Crippen LogP contribution in [0.2, 0.25) is 0 Å². The summed E-state index contributed by atoms with van der Waals surface area (Å²) >= 11 is 0. The minimum Gasteiger partial charge on any atom is -0.478 e. The number of hydrogen-bond acceptors (Lipinski definition) is 2. The molecule has 1 aromatic carbocycles. The van der Waals surface area contributed by atoms with Crippen LogP contribution in [0, 0.1) is 11.6 Å². The van der Waals surface area contributed by atoms with E-state index in [4.69, 9.17) is 10.8 Å². The number of carboxylic acid groups (broad SMARTS) is 1. The van der Waals surface area contributed by atoms with Crippen LogP contribution in [0.15, 0.2) is 12.1 Å². The predicted molar refractivity (Wildman–Crippen MR) is 55.3 cm³/mol. The van der Waals surface area contributed by atoms with E-state index in [1.807, 2.05) is 0 Å². The second-order valence-electron chi connectivity index (χ2n) is 3.47. The average molecular weight is 229 g/mol. The molecule has 88 valence electrons. The molecule has 3 nitrogen and oxygen atoms in total. The van der Waals surface area contributed by atoms with Gasteiger partial charge >= 0.3 is 5.97 Å². The summed E-state index contributed by atoms with van der Waals surface area (Å²) in [5.41, 5.74) is 5.00. The van der Waals surface area contributed by atoms with Crippen LogP contribution >= 0.6 is 0 Å². The molecule has 0 aliphatic rings. The van der Waals surface area contributed by atoms with Crippen molar-refractivity contribution >= 4 is 5.97 Å². The Hall–Kier alpha value is -1.49. The lowest BCUT2D eigenvalue weighted by Crippen LogP contribution is -2.05. The lowest BCUT2D eigenvalue weighted by atomic mass is 10.0. The molecule has 0 atom stereocenters. The van der Waals surface area contributed by atoms with Crippen LogP contribution in [0.4, 0.5) is 8.78 Å². The number of aromatic carboxylic acids is 1. The number of hydrogen-bond donors (Lipinski definition) is 2. The summed E-state index contributed by atoms with van der Waals surface area (Å²) < 4.78 is 26.3. The van der Waals surface area contributed by atoms with E-state index in [0.717, 1.165) is 12.5 Å². The highest BCUT2D eigenvalue weighted by atomic mass is 19.1. The maximum absolute atomic E-state index is 13.3. The first-order chi connectivity index (χ1) is 7.56. The number of unbranched alkanes of at least 4 members (excludes halogenated alkanes) is 1. The Labute approximate surface area is 91.9 Å². The Kier molecular flexibility index (Phi) is 4.37. The Balaban J connectivity index is 2.91. The highest BCUT2D eigenvalue weighted by Crippen LogP contribution is 2.17. The number of nitrogens with two attached hydrogens (primary N) is 1. The molecular formula is C11H13F2NO2. The van der Waals surface area contributed by atoms with Gasteiger partial charge in [0.15, 0.2) is 0 Å². The average Bonchev–Trinajstić information content (AvgIpc) is 2.21. The van der Waals surface area contributed by atoms with Gasteiger partial charge in [0.2, 0.25) is 0 Å². The van der Waals surface area contributed by atoms with Crippen LogP contribution in [0.3, 0.4) is 0 Å². The Bertz CT molecular complexity index is 394. The SMILES string of the molecule is NCCCCc1cc(C(=O)O)c(F)cc1F. The molecule has 0 heterocycles. The molecule has 0 fully saturated rings. The van der Waals surface area contributed by atoms with Gasteiger partial charge in [-0.15, -0.1) is 0 Å². The molecule has 0 aromatic heterocycles. The minimum atomic E-state index is -1.39. The standard InChI is InChI=1S/C11H13F2NO2/c12-9-6-10(13)8(11(15)16)5-7(9)3-1-2-4-14/h5-6H,1-4,14H2,(H,15,16). The van der Waals surface area contributed by atoms with E-state index in [0.29, 0.717) is 25.5 Å². The van der Waals surface area contributed by atoms with Crippen LogP contribution in [0.25, 0.3) is 0 Å². The van der Waals surface area contributed by atoms with Crippen LogP contribution in [0.1, 0.15) is 28.8 Å². The topological polar surface area (TPSA) is 63.3 Å². The van der Waals surface area contributed by atoms with Gasteiger partial charge in [-0.2, -0.15) is 0 Å². The number of benzene rings is 1. The summed E-state index contributed by atoms with van der Waals surface area (Å²) in [5, 5.41) is 8.67. The van der Waals surface area contributed by atoms with Crippen LogP contribution in [-0.2, 0) is 6.42 Å². The zero-order valence-electron chi connectivity index (χ0n) is 8.67. The van der Waals surface area contributed by atoms with Crippen LogP contribution in [-0.4, -0.2) is 17.6 Å². The van der Waals surface area contributed by atoms with Gasteiger partial charge in [-0.1, -0.05) is 0 Å². The van der Waals surface area contributed by atoms with Gasteiger partial charge in [0.25, 0.3) is 0 Å². The summed E-state index contributed by atoms with van der Waals surface area (Å²) in [6.45, 7) is 0.495. The third kappa shape index (κ3) is 3.00. The maximum atomic E-state index is 13.3. The number of carboxylic acids is 1. The van der Waals surface area contributed by atoms with Crippen molar-refractivity contribution in [2.24, 2.45) is 5.73 Å². The van der Waals surface area contributed by atoms with Crippen molar-refractivity contribution < 1.29 is 18.7 Å². The van der Waals surface area contributed by atoms with Gasteiger partial charge < -0.3 is 10.8 Å². The largest absolute Gasteiger partial charge is 0.478 e. The van der Waals surface area contributed by atoms with E-state index in [2.05, 4.69) is 0 Å². The first kappa shape index (κ1) is 12.6. The number of rotatable bonds is 5. The fourth-order valence-electron chi connectivity index (χ4n) is 1.41. The van der Waals surface area contributed by atoms with Crippen molar-refractivity contribution in [2.45, 2.75) is 19.3 Å². The van der Waals surface area contributed by atoms with Gasteiger partial charge in [0.05, 0.1) is 5.56 Å². The van der Waals surface area contributed by atoms with E-state index < -0.39 is 23.2 Å². The highest BCUT2D eigenvalue weighted by Gasteiger charge is 2.14. The lowest BCUT2D eigenvalue weighted by Gasteiger charge is -2.05. The molecule has 0 amide bonds. The van der Waals surface area contributed by atoms with Crippen molar-refractivity contribution in [1.82, 2.24) is 0 Å². The van der Waals surface area contributed by atoms with E-state index in [9.17, 15) is 13.6 Å². The second-order valence-corrected chi connectivity index (χ2v) is 3.47. The van der Waals surface area contributed by atoms with Gasteiger partial charge in [0, 0.05) is 6.07 Å². The molecule has 0 spiro atoms. The zero-order valence-corrected chi connectivity index (χ0v) is 8.67. The Morgan fingerprint density at radius 3 is 2.50 bits per heavy atom. The van der Waals surface area contributed by atoms with Gasteiger partial charge in [0.1, 0.15) is 11.6 Å². The molecule has 5 heteroatoms. The summed E-state index contributed by atoms with van der Waals surface area (Å²) in [7, 11) is 0. The number of aryl methyl sites for hydroxylation is 1. The maximum Gasteiger partial charge on any atom is 0.338 e. The van der Waals surface area contributed by atoms with Crippen molar-refractivity contribution in [1.29, 1.82) is 0 Å². The monoisotopic (exact) mass is 229 g/mol. The summed E-state index contributed by atoms with van der Waals surface area (Å²) in [6, 6.07) is 1.66. The third-order valence-corrected chi connectivity index (χ3v) is 2.27. The molecular weight excluding hydrogens is 216 g/mol. The third-order valence-electron chi connectivity index (χ3n) is 2.27. The highest BCUT2D eigenvalue weighted by molar-refractivity contribution is 5.88. The van der Waals surface area contributed by atoms with Gasteiger partial charge in [-0.05, 0) is 37.4 Å². The van der Waals surface area contributed by atoms with E-state index in [-0.39, 0.29) is 5.56 Å². The molecule has 0 aliphatic carbocycles. The summed E-state index contributed by atoms with van der Waals surface area (Å²) in [5.74, 6) is -3.15. The smallest absolute Gasteiger partial charge is 0.338 e. The zero-order chi connectivity index (χ0) is 12.1. The predicted octanol–water partition coefficient (Wildman–Crippen LogP) is 1.94. The van der Waals surface area contributed by atoms with Crippen LogP contribution in [0.5, 0.6) is 0 Å². The fourth-order valence-corrected chi connectivity index (χ4v) is 1.41. The quantitative estimate of drug-likeness (QED) is 0.758. The van der Waals surface area contributed by atoms with Crippen molar-refractivity contribution in [3.63, 3.8) is 0 Å². The molecule has 3 N–H and O–H groups in total. The molecule has 0 aliphatic heterocycles. The molecule has 0 saturated heterocycles. The summed E-state index contributed by atoms with van der Waals surface area (Å²) in [6.07, 6.45) is 1.74. The van der Waals surface area contributed by atoms with E-state index in [1.54, 1.807) is 0 Å². The molecule has 16 heavy (non-hydrogen) atoms. The van der Waals surface area contributed by atoms with Crippen LogP contribution < -0.4 is 5.73 Å². The van der Waals surface area contributed by atoms with Gasteiger partial charge in [-0.25, -0.2) is 13.6 Å². The Morgan fingerprint density at radius 2 is 1.94 bits per heavy atom. The van der Waals surface area contributed by atoms with E-state index >= 15 is 0 Å². The van der Waals surface area contributed by atoms with Crippen molar-refractivity contribution in [2.75, 3.05) is 6.54 Å². The first-order valence-electron chi connectivity index (χ1n) is 4.97. The summed E-state index contributed by atoms with van der Waals surface area (Å²) in [4.78, 5) is 10.6. The lowest BCUT2D eigenvalue weighted by molar-refractivity contribution is 0.0691. The molecule has 1 rings (SSSR count). The van der Waals surface area contributed by atoms with Crippen molar-refractivity contribution in [3.8, 4) is 0 Å². The second kappa shape index (κ2) is 5.55. The van der Waals surface area contributed by atoms with E-state index in [1.165, 1.54) is 0 Å². The first-order valence-corrected chi connectivity index (χ1v) is 4.97. The molecule has 0 unspecified atom stereocenters.